The fourth-order valence-electron chi connectivity index (χ4n) is 1.29. The highest BCUT2D eigenvalue weighted by Crippen LogP contribution is 2.23. The van der Waals surface area contributed by atoms with Gasteiger partial charge in [-0.25, -0.2) is 18.4 Å². The highest BCUT2D eigenvalue weighted by molar-refractivity contribution is 8.00. The third kappa shape index (κ3) is 5.22. The number of anilines is 1. The molecule has 1 aromatic rings. The molecule has 0 aliphatic heterocycles. The molecule has 0 atom stereocenters. The Labute approximate surface area is 113 Å². The minimum absolute atomic E-state index is 0.166. The van der Waals surface area contributed by atoms with E-state index < -0.39 is 9.84 Å². The van der Waals surface area contributed by atoms with E-state index in [0.717, 1.165) is 29.4 Å². The van der Waals surface area contributed by atoms with Gasteiger partial charge in [0.2, 0.25) is 0 Å². The van der Waals surface area contributed by atoms with Crippen LogP contribution in [0.3, 0.4) is 0 Å². The van der Waals surface area contributed by atoms with Crippen molar-refractivity contribution in [2.24, 2.45) is 0 Å². The Morgan fingerprint density at radius 3 is 2.72 bits per heavy atom. The first-order chi connectivity index (χ1) is 8.44. The first-order valence-corrected chi connectivity index (χ1v) is 8.84. The second-order valence-electron chi connectivity index (χ2n) is 4.06. The average molecular weight is 289 g/mol. The van der Waals surface area contributed by atoms with E-state index in [1.54, 1.807) is 0 Å². The maximum absolute atomic E-state index is 11.1. The van der Waals surface area contributed by atoms with Crippen molar-refractivity contribution in [1.29, 1.82) is 0 Å². The highest BCUT2D eigenvalue weighted by Gasteiger charge is 2.08. The van der Waals surface area contributed by atoms with Gasteiger partial charge < -0.3 is 5.32 Å². The van der Waals surface area contributed by atoms with E-state index in [0.29, 0.717) is 5.75 Å². The van der Waals surface area contributed by atoms with E-state index in [1.165, 1.54) is 24.3 Å². The normalized spacial score (nSPS) is 11.5. The van der Waals surface area contributed by atoms with Crippen molar-refractivity contribution < 1.29 is 8.42 Å². The van der Waals surface area contributed by atoms with Crippen LogP contribution in [0.4, 0.5) is 5.82 Å². The van der Waals surface area contributed by atoms with Crippen molar-refractivity contribution in [2.75, 3.05) is 29.6 Å². The summed E-state index contributed by atoms with van der Waals surface area (Å²) in [5, 5.41) is 4.07. The van der Waals surface area contributed by atoms with Gasteiger partial charge in [-0.15, -0.1) is 11.8 Å². The number of sulfone groups is 1. The standard InChI is InChI=1S/C11H19N3O2S2/c1-4-5-12-10-9(2)11(14-8-13-10)17-6-7-18(3,15)16/h8H,4-7H2,1-3H3,(H,12,13,14). The molecule has 1 rings (SSSR count). The molecule has 0 saturated heterocycles. The van der Waals surface area contributed by atoms with Gasteiger partial charge in [-0.05, 0) is 13.3 Å². The van der Waals surface area contributed by atoms with Crippen molar-refractivity contribution >= 4 is 27.4 Å². The smallest absolute Gasteiger partial charge is 0.148 e. The summed E-state index contributed by atoms with van der Waals surface area (Å²) in [6, 6.07) is 0. The molecule has 102 valence electrons. The summed E-state index contributed by atoms with van der Waals surface area (Å²) in [4.78, 5) is 8.36. The lowest BCUT2D eigenvalue weighted by Crippen LogP contribution is -2.07. The van der Waals surface area contributed by atoms with Crippen LogP contribution in [0.2, 0.25) is 0 Å². The Kier molecular flexibility index (Phi) is 5.87. The monoisotopic (exact) mass is 289 g/mol. The van der Waals surface area contributed by atoms with E-state index >= 15 is 0 Å². The maximum Gasteiger partial charge on any atom is 0.148 e. The minimum atomic E-state index is -2.91. The van der Waals surface area contributed by atoms with E-state index in [2.05, 4.69) is 22.2 Å². The fourth-order valence-corrected chi connectivity index (χ4v) is 3.46. The van der Waals surface area contributed by atoms with Crippen LogP contribution in [0.5, 0.6) is 0 Å². The van der Waals surface area contributed by atoms with Gasteiger partial charge in [0.1, 0.15) is 27.0 Å². The van der Waals surface area contributed by atoms with E-state index in [4.69, 9.17) is 0 Å². The number of hydrogen-bond acceptors (Lipinski definition) is 6. The summed E-state index contributed by atoms with van der Waals surface area (Å²) in [5.74, 6) is 1.51. The van der Waals surface area contributed by atoms with Crippen LogP contribution in [0, 0.1) is 6.92 Å². The first-order valence-electron chi connectivity index (χ1n) is 5.80. The van der Waals surface area contributed by atoms with E-state index in [1.807, 2.05) is 6.92 Å². The summed E-state index contributed by atoms with van der Waals surface area (Å²) < 4.78 is 22.1. The number of rotatable bonds is 7. The van der Waals surface area contributed by atoms with Crippen LogP contribution in [-0.4, -0.2) is 42.7 Å². The molecule has 0 aliphatic carbocycles. The zero-order valence-corrected chi connectivity index (χ0v) is 12.6. The molecule has 5 nitrogen and oxygen atoms in total. The second-order valence-corrected chi connectivity index (χ2v) is 7.40. The second kappa shape index (κ2) is 6.94. The lowest BCUT2D eigenvalue weighted by molar-refractivity contribution is 0.603. The SMILES string of the molecule is CCCNc1ncnc(SCCS(C)(=O)=O)c1C. The van der Waals surface area contributed by atoms with E-state index in [9.17, 15) is 8.42 Å². The molecule has 0 saturated carbocycles. The molecule has 0 spiro atoms. The van der Waals surface area contributed by atoms with Crippen LogP contribution in [0.1, 0.15) is 18.9 Å². The molecule has 0 fully saturated rings. The largest absolute Gasteiger partial charge is 0.370 e. The number of nitrogens with one attached hydrogen (secondary N) is 1. The van der Waals surface area contributed by atoms with Gasteiger partial charge in [-0.2, -0.15) is 0 Å². The first kappa shape index (κ1) is 15.2. The molecule has 7 heteroatoms. The summed E-state index contributed by atoms with van der Waals surface area (Å²) in [6.45, 7) is 4.90. The Hall–Kier alpha value is -0.820. The third-order valence-corrected chi connectivity index (χ3v) is 4.57. The molecule has 0 amide bonds. The number of thioether (sulfide) groups is 1. The molecule has 0 bridgehead atoms. The predicted octanol–water partition coefficient (Wildman–Crippen LogP) is 1.74. The lowest BCUT2D eigenvalue weighted by atomic mass is 10.3. The van der Waals surface area contributed by atoms with Gasteiger partial charge in [0, 0.05) is 24.1 Å². The van der Waals surface area contributed by atoms with Gasteiger partial charge >= 0.3 is 0 Å². The number of hydrogen-bond donors (Lipinski definition) is 1. The third-order valence-electron chi connectivity index (χ3n) is 2.27. The molecule has 0 unspecified atom stereocenters. The van der Waals surface area contributed by atoms with Crippen LogP contribution < -0.4 is 5.32 Å². The zero-order valence-electron chi connectivity index (χ0n) is 10.9. The Bertz CT molecular complexity index is 489. The molecule has 0 aromatic carbocycles. The fraction of sp³-hybridized carbons (Fsp3) is 0.636. The van der Waals surface area contributed by atoms with Gasteiger partial charge in [0.25, 0.3) is 0 Å². The van der Waals surface area contributed by atoms with Crippen LogP contribution in [-0.2, 0) is 9.84 Å². The van der Waals surface area contributed by atoms with E-state index in [-0.39, 0.29) is 5.75 Å². The van der Waals surface area contributed by atoms with Crippen LogP contribution >= 0.6 is 11.8 Å². The van der Waals surface area contributed by atoms with Gasteiger partial charge in [0.15, 0.2) is 0 Å². The molecule has 1 aromatic heterocycles. The van der Waals surface area contributed by atoms with Crippen LogP contribution in [0.15, 0.2) is 11.4 Å². The molecule has 18 heavy (non-hydrogen) atoms. The Balaban J connectivity index is 2.66. The van der Waals surface area contributed by atoms with Crippen molar-refractivity contribution in [1.82, 2.24) is 9.97 Å². The van der Waals surface area contributed by atoms with Crippen molar-refractivity contribution in [3.63, 3.8) is 0 Å². The molecule has 0 aliphatic rings. The lowest BCUT2D eigenvalue weighted by Gasteiger charge is -2.10. The maximum atomic E-state index is 11.1. The van der Waals surface area contributed by atoms with Crippen molar-refractivity contribution in [2.45, 2.75) is 25.3 Å². The Morgan fingerprint density at radius 2 is 2.11 bits per heavy atom. The van der Waals surface area contributed by atoms with Gasteiger partial charge in [0.05, 0.1) is 5.75 Å². The minimum Gasteiger partial charge on any atom is -0.370 e. The molecular formula is C11H19N3O2S2. The summed E-state index contributed by atoms with van der Waals surface area (Å²) in [5.41, 5.74) is 0.976. The van der Waals surface area contributed by atoms with Crippen LogP contribution in [0.25, 0.3) is 0 Å². The predicted molar refractivity (Wildman–Crippen MR) is 76.0 cm³/mol. The summed E-state index contributed by atoms with van der Waals surface area (Å²) in [6.07, 6.45) is 3.78. The van der Waals surface area contributed by atoms with Gasteiger partial charge in [-0.1, -0.05) is 6.92 Å². The number of nitrogens with zero attached hydrogens (tertiary/aromatic N) is 2. The summed E-state index contributed by atoms with van der Waals surface area (Å²) in [7, 11) is -2.91. The van der Waals surface area contributed by atoms with Crippen molar-refractivity contribution in [3.05, 3.63) is 11.9 Å². The highest BCUT2D eigenvalue weighted by atomic mass is 32.2. The molecular weight excluding hydrogens is 270 g/mol. The molecule has 0 radical (unpaired) electrons. The average Bonchev–Trinajstić information content (AvgIpc) is 2.28. The Morgan fingerprint density at radius 1 is 1.39 bits per heavy atom. The summed E-state index contributed by atoms with van der Waals surface area (Å²) >= 11 is 1.45. The molecule has 1 heterocycles. The number of aromatic nitrogens is 2. The van der Waals surface area contributed by atoms with Gasteiger partial charge in [-0.3, -0.25) is 0 Å². The van der Waals surface area contributed by atoms with Crippen molar-refractivity contribution in [3.8, 4) is 0 Å². The molecule has 1 N–H and O–H groups in total. The topological polar surface area (TPSA) is 72.0 Å². The quantitative estimate of drug-likeness (QED) is 0.609. The zero-order chi connectivity index (χ0) is 13.6.